The van der Waals surface area contributed by atoms with Crippen LogP contribution in [0.25, 0.3) is 0 Å². The van der Waals surface area contributed by atoms with Crippen molar-refractivity contribution in [2.24, 2.45) is 5.73 Å². The van der Waals surface area contributed by atoms with Crippen LogP contribution in [0.15, 0.2) is 35.7 Å². The highest BCUT2D eigenvalue weighted by atomic mass is 35.5. The number of non-ortho nitro benzene ring substituents is 1. The van der Waals surface area contributed by atoms with Crippen molar-refractivity contribution in [1.82, 2.24) is 5.32 Å². The Hall–Kier alpha value is -2.67. The summed E-state index contributed by atoms with van der Waals surface area (Å²) < 4.78 is 0. The van der Waals surface area contributed by atoms with Gasteiger partial charge in [0.2, 0.25) is 5.91 Å². The van der Waals surface area contributed by atoms with Gasteiger partial charge in [0, 0.05) is 42.6 Å². The Morgan fingerprint density at radius 3 is 2.89 bits per heavy atom. The maximum atomic E-state index is 11.8. The lowest BCUT2D eigenvalue weighted by Gasteiger charge is -2.22. The number of primary amides is 1. The summed E-state index contributed by atoms with van der Waals surface area (Å²) in [5, 5.41) is 25.5. The normalized spacial score (nSPS) is 16.8. The van der Waals surface area contributed by atoms with Crippen LogP contribution in [-0.4, -0.2) is 36.0 Å². The first kappa shape index (κ1) is 21.6. The van der Waals surface area contributed by atoms with E-state index in [1.165, 1.54) is 12.1 Å². The summed E-state index contributed by atoms with van der Waals surface area (Å²) in [4.78, 5) is 25.3. The summed E-state index contributed by atoms with van der Waals surface area (Å²) in [5.41, 5.74) is 6.39. The zero-order chi connectivity index (χ0) is 19.4. The molecule has 0 saturated carbocycles. The number of nitro groups is 1. The van der Waals surface area contributed by atoms with E-state index >= 15 is 0 Å². The molecule has 2 aromatic rings. The van der Waals surface area contributed by atoms with Gasteiger partial charge in [0.25, 0.3) is 5.69 Å². The molecule has 10 heteroatoms. The van der Waals surface area contributed by atoms with Gasteiger partial charge in [0.15, 0.2) is 0 Å². The molecule has 28 heavy (non-hydrogen) atoms. The number of hydrogen-bond acceptors (Lipinski definition) is 7. The van der Waals surface area contributed by atoms with Gasteiger partial charge >= 0.3 is 0 Å². The minimum absolute atomic E-state index is 0. The fourth-order valence-corrected chi connectivity index (χ4v) is 4.03. The van der Waals surface area contributed by atoms with Gasteiger partial charge in [-0.1, -0.05) is 6.07 Å². The molecule has 0 radical (unpaired) electrons. The van der Waals surface area contributed by atoms with E-state index in [2.05, 4.69) is 5.32 Å². The minimum atomic E-state index is -0.513. The average Bonchev–Trinajstić information content (AvgIpc) is 3.32. The molecule has 0 aliphatic carbocycles. The smallest absolute Gasteiger partial charge is 0.270 e. The summed E-state index contributed by atoms with van der Waals surface area (Å²) in [6.45, 7) is 1.29. The van der Waals surface area contributed by atoms with E-state index in [1.54, 1.807) is 17.4 Å². The summed E-state index contributed by atoms with van der Waals surface area (Å²) in [5.74, 6) is -0.394. The van der Waals surface area contributed by atoms with Crippen molar-refractivity contribution >= 4 is 41.0 Å². The average molecular weight is 422 g/mol. The fraction of sp³-hybridized carbons (Fsp3) is 0.333. The molecular weight excluding hydrogens is 402 g/mol. The third kappa shape index (κ3) is 4.98. The molecule has 2 atom stereocenters. The molecule has 1 aliphatic heterocycles. The summed E-state index contributed by atoms with van der Waals surface area (Å²) in [7, 11) is 0. The highest BCUT2D eigenvalue weighted by molar-refractivity contribution is 7.09. The van der Waals surface area contributed by atoms with Crippen LogP contribution in [0.1, 0.15) is 16.9 Å². The minimum Gasteiger partial charge on any atom is -0.369 e. The van der Waals surface area contributed by atoms with Crippen molar-refractivity contribution in [3.8, 4) is 6.07 Å². The molecule has 3 N–H and O–H groups in total. The number of nitro benzene ring substituents is 1. The van der Waals surface area contributed by atoms with Gasteiger partial charge in [0.1, 0.15) is 6.07 Å². The number of thiophene rings is 1. The second kappa shape index (κ2) is 9.50. The fourth-order valence-electron chi connectivity index (χ4n) is 3.27. The zero-order valence-corrected chi connectivity index (χ0v) is 16.5. The number of halogens is 1. The first-order valence-corrected chi connectivity index (χ1v) is 9.37. The monoisotopic (exact) mass is 421 g/mol. The van der Waals surface area contributed by atoms with Crippen molar-refractivity contribution in [2.75, 3.05) is 18.0 Å². The maximum Gasteiger partial charge on any atom is 0.270 e. The molecule has 1 saturated heterocycles. The van der Waals surface area contributed by atoms with Gasteiger partial charge in [0.05, 0.1) is 22.2 Å². The molecule has 8 nitrogen and oxygen atoms in total. The van der Waals surface area contributed by atoms with Crippen LogP contribution in [-0.2, 0) is 11.2 Å². The Balaban J connectivity index is 0.00000280. The number of nitrogens with two attached hydrogens (primary N) is 1. The number of benzene rings is 1. The number of amides is 1. The van der Waals surface area contributed by atoms with Gasteiger partial charge in [-0.3, -0.25) is 14.9 Å². The van der Waals surface area contributed by atoms with E-state index in [0.717, 1.165) is 11.3 Å². The molecule has 1 aromatic heterocycles. The first-order valence-electron chi connectivity index (χ1n) is 8.49. The Bertz CT molecular complexity index is 884. The maximum absolute atomic E-state index is 11.8. The molecule has 1 aromatic carbocycles. The first-order chi connectivity index (χ1) is 13.0. The van der Waals surface area contributed by atoms with Crippen molar-refractivity contribution in [1.29, 1.82) is 5.26 Å². The number of nitrogens with one attached hydrogen (secondary N) is 1. The number of carbonyl (C=O) groups is 1. The van der Waals surface area contributed by atoms with E-state index in [0.29, 0.717) is 25.2 Å². The Kier molecular flexibility index (Phi) is 7.34. The molecule has 2 heterocycles. The van der Waals surface area contributed by atoms with Gasteiger partial charge in [-0.2, -0.15) is 5.26 Å². The lowest BCUT2D eigenvalue weighted by atomic mass is 10.1. The predicted molar refractivity (Wildman–Crippen MR) is 110 cm³/mol. The lowest BCUT2D eigenvalue weighted by Crippen LogP contribution is -2.48. The van der Waals surface area contributed by atoms with Gasteiger partial charge in [-0.15, -0.1) is 23.7 Å². The Morgan fingerprint density at radius 1 is 1.50 bits per heavy atom. The second-order valence-electron chi connectivity index (χ2n) is 6.41. The highest BCUT2D eigenvalue weighted by Gasteiger charge is 2.28. The number of rotatable bonds is 7. The Labute approximate surface area is 172 Å². The molecule has 0 spiro atoms. The highest BCUT2D eigenvalue weighted by Crippen LogP contribution is 2.28. The second-order valence-corrected chi connectivity index (χ2v) is 7.44. The number of nitriles is 1. The van der Waals surface area contributed by atoms with E-state index < -0.39 is 16.9 Å². The van der Waals surface area contributed by atoms with Crippen LogP contribution in [0.3, 0.4) is 0 Å². The van der Waals surface area contributed by atoms with Crippen molar-refractivity contribution in [2.45, 2.75) is 24.9 Å². The van der Waals surface area contributed by atoms with Gasteiger partial charge in [-0.05, 0) is 23.9 Å². The van der Waals surface area contributed by atoms with Crippen LogP contribution in [0, 0.1) is 21.4 Å². The van der Waals surface area contributed by atoms with Crippen LogP contribution >= 0.6 is 23.7 Å². The summed E-state index contributed by atoms with van der Waals surface area (Å²) >= 11 is 1.58. The third-order valence-electron chi connectivity index (χ3n) is 4.61. The van der Waals surface area contributed by atoms with Crippen LogP contribution in [0.2, 0.25) is 0 Å². The summed E-state index contributed by atoms with van der Waals surface area (Å²) in [6, 6.07) is 9.83. The van der Waals surface area contributed by atoms with E-state index in [9.17, 15) is 20.2 Å². The van der Waals surface area contributed by atoms with E-state index in [4.69, 9.17) is 5.73 Å². The Morgan fingerprint density at radius 2 is 2.29 bits per heavy atom. The molecule has 1 aliphatic rings. The molecule has 0 unspecified atom stereocenters. The number of nitrogens with zero attached hydrogens (tertiary/aromatic N) is 3. The number of carbonyl (C=O) groups excluding carboxylic acids is 1. The lowest BCUT2D eigenvalue weighted by molar-refractivity contribution is -0.384. The molecule has 1 fully saturated rings. The molecular formula is C18H20ClN5O3S. The molecule has 3 rings (SSSR count). The van der Waals surface area contributed by atoms with Crippen LogP contribution in [0.5, 0.6) is 0 Å². The van der Waals surface area contributed by atoms with Gasteiger partial charge < -0.3 is 16.0 Å². The quantitative estimate of drug-likeness (QED) is 0.521. The SMILES string of the molecule is Cl.N#Cc1cc([N+](=O)[O-])ccc1N1CC[C@H](N[C@@H](Cc2cccs2)C(N)=O)C1. The van der Waals surface area contributed by atoms with Gasteiger partial charge in [-0.25, -0.2) is 0 Å². The van der Waals surface area contributed by atoms with Crippen molar-refractivity contribution < 1.29 is 9.72 Å². The topological polar surface area (TPSA) is 125 Å². The van der Waals surface area contributed by atoms with Crippen molar-refractivity contribution in [3.05, 3.63) is 56.3 Å². The zero-order valence-electron chi connectivity index (χ0n) is 14.9. The molecule has 148 valence electrons. The van der Waals surface area contributed by atoms with Crippen LogP contribution < -0.4 is 16.0 Å². The standard InChI is InChI=1S/C18H19N5O3S.ClH/c19-10-12-8-14(23(25)26)3-4-17(12)22-6-5-13(11-22)21-16(18(20)24)9-15-2-1-7-27-15;/h1-4,7-8,13,16,21H,5-6,9,11H2,(H2,20,24);1H/t13-,16-;/m0./s1. The van der Waals surface area contributed by atoms with Crippen LogP contribution in [0.4, 0.5) is 11.4 Å². The summed E-state index contributed by atoms with van der Waals surface area (Å²) in [6.07, 6.45) is 1.33. The largest absolute Gasteiger partial charge is 0.369 e. The number of anilines is 1. The van der Waals surface area contributed by atoms with Crippen molar-refractivity contribution in [3.63, 3.8) is 0 Å². The predicted octanol–water partition coefficient (Wildman–Crippen LogP) is 2.21. The van der Waals surface area contributed by atoms with E-state index in [1.807, 2.05) is 28.5 Å². The van der Waals surface area contributed by atoms with E-state index in [-0.39, 0.29) is 29.7 Å². The molecule has 0 bridgehead atoms. The number of hydrogen-bond donors (Lipinski definition) is 2. The molecule has 1 amide bonds. The third-order valence-corrected chi connectivity index (χ3v) is 5.50.